The van der Waals surface area contributed by atoms with Crippen molar-refractivity contribution in [3.63, 3.8) is 0 Å². The minimum absolute atomic E-state index is 0.235. The first-order valence-corrected chi connectivity index (χ1v) is 6.43. The summed E-state index contributed by atoms with van der Waals surface area (Å²) in [7, 11) is 2.06. The van der Waals surface area contributed by atoms with Gasteiger partial charge in [-0.2, -0.15) is 0 Å². The second-order valence-corrected chi connectivity index (χ2v) is 5.21. The molecule has 0 spiro atoms. The average molecular weight is 244 g/mol. The maximum absolute atomic E-state index is 11.0. The van der Waals surface area contributed by atoms with E-state index in [0.717, 1.165) is 23.3 Å². The molecule has 3 heteroatoms. The maximum Gasteiger partial charge on any atom is 0.130 e. The Morgan fingerprint density at radius 2 is 2.11 bits per heavy atom. The Balaban J connectivity index is 2.37. The first-order chi connectivity index (χ1) is 8.49. The second kappa shape index (κ2) is 4.92. The van der Waals surface area contributed by atoms with Crippen molar-refractivity contribution >= 4 is 16.8 Å². The van der Waals surface area contributed by atoms with E-state index in [2.05, 4.69) is 48.6 Å². The number of carbonyl (C=O) groups excluding carboxylic acids is 1. The molecule has 0 aliphatic heterocycles. The molecule has 96 valence electrons. The minimum Gasteiger partial charge on any atom is -0.331 e. The van der Waals surface area contributed by atoms with Gasteiger partial charge < -0.3 is 9.36 Å². The zero-order valence-electron chi connectivity index (χ0n) is 11.5. The monoisotopic (exact) mass is 244 g/mol. The summed E-state index contributed by atoms with van der Waals surface area (Å²) in [4.78, 5) is 15.7. The Bertz CT molecular complexity index is 581. The summed E-state index contributed by atoms with van der Waals surface area (Å²) < 4.78 is 2.15. The molecular weight excluding hydrogens is 224 g/mol. The van der Waals surface area contributed by atoms with E-state index in [4.69, 9.17) is 0 Å². The fourth-order valence-electron chi connectivity index (χ4n) is 2.26. The Morgan fingerprint density at radius 3 is 2.72 bits per heavy atom. The van der Waals surface area contributed by atoms with E-state index < -0.39 is 0 Å². The molecule has 0 atom stereocenters. The van der Waals surface area contributed by atoms with Crippen molar-refractivity contribution in [2.75, 3.05) is 0 Å². The van der Waals surface area contributed by atoms with Crippen molar-refractivity contribution in [2.24, 2.45) is 7.05 Å². The van der Waals surface area contributed by atoms with Crippen LogP contribution in [0.15, 0.2) is 18.2 Å². The van der Waals surface area contributed by atoms with E-state index in [1.165, 1.54) is 5.56 Å². The average Bonchev–Trinajstić information content (AvgIpc) is 2.64. The van der Waals surface area contributed by atoms with Gasteiger partial charge in [0.05, 0.1) is 11.0 Å². The van der Waals surface area contributed by atoms with Gasteiger partial charge in [-0.25, -0.2) is 4.98 Å². The van der Waals surface area contributed by atoms with Crippen LogP contribution in [-0.4, -0.2) is 15.3 Å². The molecule has 0 amide bonds. The van der Waals surface area contributed by atoms with E-state index in [1.54, 1.807) is 6.92 Å². The van der Waals surface area contributed by atoms with Crippen molar-refractivity contribution < 1.29 is 4.79 Å². The zero-order chi connectivity index (χ0) is 13.3. The molecule has 0 N–H and O–H groups in total. The van der Waals surface area contributed by atoms with E-state index in [-0.39, 0.29) is 5.78 Å². The normalized spacial score (nSPS) is 11.4. The van der Waals surface area contributed by atoms with Crippen LogP contribution in [0.25, 0.3) is 11.0 Å². The Kier molecular flexibility index (Phi) is 3.50. The quantitative estimate of drug-likeness (QED) is 0.827. The molecule has 0 radical (unpaired) electrons. The molecule has 0 bridgehead atoms. The van der Waals surface area contributed by atoms with Crippen LogP contribution in [0.4, 0.5) is 0 Å². The van der Waals surface area contributed by atoms with Gasteiger partial charge in [-0.1, -0.05) is 19.9 Å². The van der Waals surface area contributed by atoms with Crippen molar-refractivity contribution in [3.05, 3.63) is 29.6 Å². The highest BCUT2D eigenvalue weighted by Gasteiger charge is 2.11. The van der Waals surface area contributed by atoms with Crippen LogP contribution in [-0.2, 0) is 18.3 Å². The molecule has 0 saturated carbocycles. The van der Waals surface area contributed by atoms with Crippen LogP contribution in [0.2, 0.25) is 0 Å². The van der Waals surface area contributed by atoms with Gasteiger partial charge in [0.15, 0.2) is 0 Å². The zero-order valence-corrected chi connectivity index (χ0v) is 11.5. The molecule has 0 saturated heterocycles. The van der Waals surface area contributed by atoms with E-state index >= 15 is 0 Å². The predicted octanol–water partition coefficient (Wildman–Crippen LogP) is 3.22. The van der Waals surface area contributed by atoms with E-state index in [0.29, 0.717) is 12.3 Å². The van der Waals surface area contributed by atoms with Crippen molar-refractivity contribution in [3.8, 4) is 0 Å². The van der Waals surface area contributed by atoms with Crippen molar-refractivity contribution in [2.45, 2.75) is 39.5 Å². The first kappa shape index (κ1) is 12.8. The van der Waals surface area contributed by atoms with Crippen LogP contribution in [0.3, 0.4) is 0 Å². The second-order valence-electron chi connectivity index (χ2n) is 5.21. The number of carbonyl (C=O) groups is 1. The van der Waals surface area contributed by atoms with Gasteiger partial charge in [-0.05, 0) is 31.0 Å². The van der Waals surface area contributed by atoms with Gasteiger partial charge in [-0.3, -0.25) is 0 Å². The van der Waals surface area contributed by atoms with E-state index in [1.807, 2.05) is 0 Å². The summed E-state index contributed by atoms with van der Waals surface area (Å²) >= 11 is 0. The molecule has 18 heavy (non-hydrogen) atoms. The molecule has 2 rings (SSSR count). The molecule has 1 heterocycles. The lowest BCUT2D eigenvalue weighted by molar-refractivity contribution is -0.116. The number of aryl methyl sites for hydroxylation is 2. The summed E-state index contributed by atoms with van der Waals surface area (Å²) in [5.41, 5.74) is 3.37. The highest BCUT2D eigenvalue weighted by molar-refractivity contribution is 5.78. The number of hydrogen-bond donors (Lipinski definition) is 0. The highest BCUT2D eigenvalue weighted by Crippen LogP contribution is 2.21. The number of aromatic nitrogens is 2. The number of fused-ring (bicyclic) bond motifs is 1. The van der Waals surface area contributed by atoms with Crippen molar-refractivity contribution in [1.29, 1.82) is 0 Å². The topological polar surface area (TPSA) is 34.9 Å². The minimum atomic E-state index is 0.235. The van der Waals surface area contributed by atoms with Crippen molar-refractivity contribution in [1.82, 2.24) is 9.55 Å². The molecule has 0 fully saturated rings. The number of benzene rings is 1. The number of hydrogen-bond acceptors (Lipinski definition) is 2. The molecule has 0 unspecified atom stereocenters. The summed E-state index contributed by atoms with van der Waals surface area (Å²) in [5, 5.41) is 0. The van der Waals surface area contributed by atoms with Gasteiger partial charge >= 0.3 is 0 Å². The third-order valence-corrected chi connectivity index (χ3v) is 3.26. The van der Waals surface area contributed by atoms with Gasteiger partial charge in [0, 0.05) is 19.4 Å². The number of ketones is 1. The molecule has 0 aliphatic carbocycles. The molecule has 0 aliphatic rings. The van der Waals surface area contributed by atoms with Crippen LogP contribution < -0.4 is 0 Å². The number of imidazole rings is 1. The largest absolute Gasteiger partial charge is 0.331 e. The fraction of sp³-hybridized carbons (Fsp3) is 0.467. The third-order valence-electron chi connectivity index (χ3n) is 3.26. The lowest BCUT2D eigenvalue weighted by Gasteiger charge is -2.04. The summed E-state index contributed by atoms with van der Waals surface area (Å²) in [6.45, 7) is 5.94. The number of nitrogens with zero attached hydrogens (tertiary/aromatic N) is 2. The molecule has 2 aromatic rings. The number of Topliss-reactive ketones (excluding diaryl/α,β-unsaturated/α-hetero) is 1. The highest BCUT2D eigenvalue weighted by atomic mass is 16.1. The fourth-order valence-corrected chi connectivity index (χ4v) is 2.26. The standard InChI is InChI=1S/C15H20N2O/c1-10(2)15-16-13-9-12(6-5-11(3)18)7-8-14(13)17(15)4/h7-10H,5-6H2,1-4H3. The summed E-state index contributed by atoms with van der Waals surface area (Å²) in [5.74, 6) is 1.76. The molecule has 1 aromatic carbocycles. The number of rotatable bonds is 4. The van der Waals surface area contributed by atoms with E-state index in [9.17, 15) is 4.79 Å². The van der Waals surface area contributed by atoms with Gasteiger partial charge in [0.2, 0.25) is 0 Å². The molecule has 1 aromatic heterocycles. The van der Waals surface area contributed by atoms with Gasteiger partial charge in [0.1, 0.15) is 11.6 Å². The predicted molar refractivity (Wildman–Crippen MR) is 73.8 cm³/mol. The Labute approximate surface area is 108 Å². The first-order valence-electron chi connectivity index (χ1n) is 6.43. The van der Waals surface area contributed by atoms with Gasteiger partial charge in [-0.15, -0.1) is 0 Å². The van der Waals surface area contributed by atoms with Gasteiger partial charge in [0.25, 0.3) is 0 Å². The lowest BCUT2D eigenvalue weighted by Crippen LogP contribution is -1.99. The summed E-state index contributed by atoms with van der Waals surface area (Å²) in [6, 6.07) is 6.30. The van der Waals surface area contributed by atoms with Crippen LogP contribution in [0, 0.1) is 0 Å². The Morgan fingerprint density at radius 1 is 1.39 bits per heavy atom. The van der Waals surface area contributed by atoms with Crippen LogP contribution in [0.1, 0.15) is 44.5 Å². The Hall–Kier alpha value is -1.64. The third kappa shape index (κ3) is 2.45. The lowest BCUT2D eigenvalue weighted by atomic mass is 10.1. The molecule has 3 nitrogen and oxygen atoms in total. The van der Waals surface area contributed by atoms with Crippen LogP contribution >= 0.6 is 0 Å². The summed E-state index contributed by atoms with van der Waals surface area (Å²) in [6.07, 6.45) is 1.41. The molecular formula is C15H20N2O. The maximum atomic E-state index is 11.0. The SMILES string of the molecule is CC(=O)CCc1ccc2c(c1)nc(C(C)C)n2C. The smallest absolute Gasteiger partial charge is 0.130 e. The van der Waals surface area contributed by atoms with Crippen LogP contribution in [0.5, 0.6) is 0 Å².